The smallest absolute Gasteiger partial charge is 0.113 e. The number of aromatic nitrogens is 3. The largest absolute Gasteiger partial charge is 0.337 e. The Morgan fingerprint density at radius 3 is 3.06 bits per heavy atom. The van der Waals surface area contributed by atoms with Crippen LogP contribution in [0.2, 0.25) is 0 Å². The Bertz CT molecular complexity index is 517. The lowest BCUT2D eigenvalue weighted by molar-refractivity contribution is 0.328. The summed E-state index contributed by atoms with van der Waals surface area (Å²) in [6, 6.07) is 0. The number of likely N-dealkylation sites (tertiary alicyclic amines) is 1. The molecule has 0 aromatic carbocycles. The molecule has 0 unspecified atom stereocenters. The van der Waals surface area contributed by atoms with Crippen molar-refractivity contribution < 1.29 is 0 Å². The summed E-state index contributed by atoms with van der Waals surface area (Å²) in [7, 11) is 2.10. The molecule has 2 aromatic heterocycles. The summed E-state index contributed by atoms with van der Waals surface area (Å²) < 4.78 is 2.18. The Hall–Kier alpha value is -1.20. The van der Waals surface area contributed by atoms with Gasteiger partial charge in [-0.15, -0.1) is 11.3 Å². The number of rotatable bonds is 3. The fourth-order valence-electron chi connectivity index (χ4n) is 2.74. The van der Waals surface area contributed by atoms with E-state index in [1.165, 1.54) is 17.1 Å². The lowest BCUT2D eigenvalue weighted by atomic mass is 10.1. The van der Waals surface area contributed by atoms with Crippen molar-refractivity contribution in [3.8, 4) is 0 Å². The Morgan fingerprint density at radius 1 is 1.50 bits per heavy atom. The van der Waals surface area contributed by atoms with E-state index in [0.717, 1.165) is 25.3 Å². The monoisotopic (exact) mass is 262 g/mol. The minimum atomic E-state index is 0.580. The van der Waals surface area contributed by atoms with Gasteiger partial charge >= 0.3 is 0 Å². The molecule has 4 nitrogen and oxygen atoms in total. The zero-order valence-electron chi connectivity index (χ0n) is 10.8. The van der Waals surface area contributed by atoms with Crippen molar-refractivity contribution in [2.75, 3.05) is 13.1 Å². The zero-order valence-corrected chi connectivity index (χ0v) is 11.7. The van der Waals surface area contributed by atoms with E-state index >= 15 is 0 Å². The first kappa shape index (κ1) is 11.9. The van der Waals surface area contributed by atoms with Gasteiger partial charge in [0.1, 0.15) is 5.82 Å². The summed E-state index contributed by atoms with van der Waals surface area (Å²) in [6.45, 7) is 5.37. The topological polar surface area (TPSA) is 34.0 Å². The highest BCUT2D eigenvalue weighted by Gasteiger charge is 2.27. The first-order valence-electron chi connectivity index (χ1n) is 6.32. The average Bonchev–Trinajstić information content (AvgIpc) is 3.01. The molecule has 1 fully saturated rings. The van der Waals surface area contributed by atoms with Crippen molar-refractivity contribution >= 4 is 11.3 Å². The molecule has 0 spiro atoms. The molecule has 3 heterocycles. The molecule has 0 aliphatic carbocycles. The molecule has 0 saturated carbocycles. The van der Waals surface area contributed by atoms with Gasteiger partial charge in [0.15, 0.2) is 0 Å². The zero-order chi connectivity index (χ0) is 12.5. The molecular formula is C13H18N4S. The predicted octanol–water partition coefficient (Wildman–Crippen LogP) is 2.17. The summed E-state index contributed by atoms with van der Waals surface area (Å²) in [5, 5.41) is 0. The Balaban J connectivity index is 1.66. The Morgan fingerprint density at radius 2 is 2.39 bits per heavy atom. The van der Waals surface area contributed by atoms with Gasteiger partial charge in [0.25, 0.3) is 0 Å². The van der Waals surface area contributed by atoms with Crippen LogP contribution >= 0.6 is 11.3 Å². The SMILES string of the molecule is Cc1cn(C)c([C@H]2CCN(Cc3cncs3)C2)n1. The van der Waals surface area contributed by atoms with Gasteiger partial charge in [0, 0.05) is 43.3 Å². The quantitative estimate of drug-likeness (QED) is 0.850. The molecule has 1 saturated heterocycles. The van der Waals surface area contributed by atoms with Crippen LogP contribution in [0.15, 0.2) is 17.9 Å². The van der Waals surface area contributed by atoms with Crippen LogP contribution in [-0.2, 0) is 13.6 Å². The molecule has 2 aromatic rings. The standard InChI is InChI=1S/C13H18N4S/c1-10-6-16(2)13(15-10)11-3-4-17(7-11)8-12-5-14-9-18-12/h5-6,9,11H,3-4,7-8H2,1-2H3/t11-/m0/s1. The highest BCUT2D eigenvalue weighted by Crippen LogP contribution is 2.27. The van der Waals surface area contributed by atoms with Gasteiger partial charge in [0.05, 0.1) is 11.2 Å². The van der Waals surface area contributed by atoms with Crippen molar-refractivity contribution in [3.05, 3.63) is 34.3 Å². The van der Waals surface area contributed by atoms with E-state index in [2.05, 4.69) is 39.6 Å². The third-order valence-corrected chi connectivity index (χ3v) is 4.30. The van der Waals surface area contributed by atoms with E-state index in [-0.39, 0.29) is 0 Å². The predicted molar refractivity (Wildman–Crippen MR) is 72.7 cm³/mol. The fraction of sp³-hybridized carbons (Fsp3) is 0.538. The van der Waals surface area contributed by atoms with Gasteiger partial charge in [-0.2, -0.15) is 0 Å². The average molecular weight is 262 g/mol. The van der Waals surface area contributed by atoms with Crippen LogP contribution in [0.3, 0.4) is 0 Å². The molecule has 3 rings (SSSR count). The van der Waals surface area contributed by atoms with Crippen LogP contribution in [-0.4, -0.2) is 32.5 Å². The molecule has 1 aliphatic heterocycles. The van der Waals surface area contributed by atoms with Gasteiger partial charge in [-0.3, -0.25) is 9.88 Å². The van der Waals surface area contributed by atoms with E-state index in [1.807, 2.05) is 11.7 Å². The first-order valence-corrected chi connectivity index (χ1v) is 7.20. The molecule has 0 bridgehead atoms. The Labute approximate surface area is 111 Å². The van der Waals surface area contributed by atoms with E-state index in [4.69, 9.17) is 0 Å². The van der Waals surface area contributed by atoms with Crippen LogP contribution < -0.4 is 0 Å². The molecule has 5 heteroatoms. The third-order valence-electron chi connectivity index (χ3n) is 3.53. The second-order valence-electron chi connectivity index (χ2n) is 5.04. The van der Waals surface area contributed by atoms with E-state index in [9.17, 15) is 0 Å². The van der Waals surface area contributed by atoms with Crippen LogP contribution in [0, 0.1) is 6.92 Å². The molecule has 18 heavy (non-hydrogen) atoms. The molecule has 96 valence electrons. The minimum Gasteiger partial charge on any atom is -0.337 e. The van der Waals surface area contributed by atoms with E-state index < -0.39 is 0 Å². The van der Waals surface area contributed by atoms with Gasteiger partial charge in [-0.1, -0.05) is 0 Å². The van der Waals surface area contributed by atoms with Gasteiger partial charge in [-0.25, -0.2) is 4.98 Å². The third kappa shape index (κ3) is 2.33. The minimum absolute atomic E-state index is 0.580. The summed E-state index contributed by atoms with van der Waals surface area (Å²) in [5.74, 6) is 1.82. The van der Waals surface area contributed by atoms with Gasteiger partial charge < -0.3 is 4.57 Å². The number of aryl methyl sites for hydroxylation is 2. The van der Waals surface area contributed by atoms with Crippen LogP contribution in [0.1, 0.15) is 28.7 Å². The maximum atomic E-state index is 4.65. The number of nitrogens with zero attached hydrogens (tertiary/aromatic N) is 4. The maximum Gasteiger partial charge on any atom is 0.113 e. The van der Waals surface area contributed by atoms with Crippen molar-refractivity contribution in [1.29, 1.82) is 0 Å². The summed E-state index contributed by atoms with van der Waals surface area (Å²) in [4.78, 5) is 12.6. The number of imidazole rings is 1. The van der Waals surface area contributed by atoms with Crippen molar-refractivity contribution in [1.82, 2.24) is 19.4 Å². The number of thiazole rings is 1. The molecular weight excluding hydrogens is 244 g/mol. The molecule has 0 radical (unpaired) electrons. The molecule has 1 aliphatic rings. The van der Waals surface area contributed by atoms with E-state index in [1.54, 1.807) is 11.3 Å². The van der Waals surface area contributed by atoms with Crippen molar-refractivity contribution in [2.45, 2.75) is 25.8 Å². The fourth-order valence-corrected chi connectivity index (χ4v) is 3.38. The van der Waals surface area contributed by atoms with Crippen molar-refractivity contribution in [2.24, 2.45) is 7.05 Å². The van der Waals surface area contributed by atoms with Crippen molar-refractivity contribution in [3.63, 3.8) is 0 Å². The normalized spacial score (nSPS) is 20.7. The maximum absolute atomic E-state index is 4.65. The van der Waals surface area contributed by atoms with E-state index in [0.29, 0.717) is 5.92 Å². The number of hydrogen-bond donors (Lipinski definition) is 0. The highest BCUT2D eigenvalue weighted by atomic mass is 32.1. The lowest BCUT2D eigenvalue weighted by Crippen LogP contribution is -2.19. The Kier molecular flexibility index (Phi) is 3.18. The van der Waals surface area contributed by atoms with Gasteiger partial charge in [0.2, 0.25) is 0 Å². The molecule has 1 atom stereocenters. The second kappa shape index (κ2) is 4.82. The van der Waals surface area contributed by atoms with Crippen LogP contribution in [0.4, 0.5) is 0 Å². The summed E-state index contributed by atoms with van der Waals surface area (Å²) in [6.07, 6.45) is 5.30. The van der Waals surface area contributed by atoms with Gasteiger partial charge in [-0.05, 0) is 19.9 Å². The molecule has 0 amide bonds. The number of hydrogen-bond acceptors (Lipinski definition) is 4. The second-order valence-corrected chi connectivity index (χ2v) is 6.01. The summed E-state index contributed by atoms with van der Waals surface area (Å²) in [5.41, 5.74) is 3.03. The van der Waals surface area contributed by atoms with Crippen LogP contribution in [0.5, 0.6) is 0 Å². The first-order chi connectivity index (χ1) is 8.72. The highest BCUT2D eigenvalue weighted by molar-refractivity contribution is 7.09. The summed E-state index contributed by atoms with van der Waals surface area (Å²) >= 11 is 1.74. The molecule has 0 N–H and O–H groups in total. The lowest BCUT2D eigenvalue weighted by Gasteiger charge is -2.14. The van der Waals surface area contributed by atoms with Crippen LogP contribution in [0.25, 0.3) is 0 Å².